The number of nitrogens with one attached hydrogen (secondary N) is 1. The van der Waals surface area contributed by atoms with Gasteiger partial charge < -0.3 is 14.8 Å². The summed E-state index contributed by atoms with van der Waals surface area (Å²) in [6.07, 6.45) is 0.495. The SMILES string of the molecule is COC(=O)c1ccc2c(c1)CCN(CCNC(=O)OC(C)(C)C)C2. The van der Waals surface area contributed by atoms with E-state index in [2.05, 4.69) is 10.2 Å². The standard InChI is InChI=1S/C18H26N2O4/c1-18(2,3)24-17(22)19-8-10-20-9-7-13-11-14(16(21)23-4)5-6-15(13)12-20/h5-6,11H,7-10,12H2,1-4H3,(H,19,22). The van der Waals surface area contributed by atoms with Crippen LogP contribution in [0.1, 0.15) is 42.3 Å². The van der Waals surface area contributed by atoms with E-state index in [9.17, 15) is 9.59 Å². The van der Waals surface area contributed by atoms with E-state index in [0.717, 1.165) is 26.1 Å². The Labute approximate surface area is 143 Å². The van der Waals surface area contributed by atoms with E-state index in [0.29, 0.717) is 12.1 Å². The lowest BCUT2D eigenvalue weighted by atomic mass is 9.97. The van der Waals surface area contributed by atoms with E-state index in [-0.39, 0.29) is 12.1 Å². The maximum absolute atomic E-state index is 11.6. The van der Waals surface area contributed by atoms with Crippen LogP contribution in [-0.2, 0) is 22.4 Å². The number of ether oxygens (including phenoxy) is 2. The summed E-state index contributed by atoms with van der Waals surface area (Å²) in [7, 11) is 1.39. The number of nitrogens with zero attached hydrogens (tertiary/aromatic N) is 1. The summed E-state index contributed by atoms with van der Waals surface area (Å²) in [5, 5.41) is 2.78. The second-order valence-electron chi connectivity index (χ2n) is 6.93. The zero-order valence-electron chi connectivity index (χ0n) is 14.8. The first kappa shape index (κ1) is 18.3. The van der Waals surface area contributed by atoms with Gasteiger partial charge in [-0.3, -0.25) is 4.90 Å². The highest BCUT2D eigenvalue weighted by molar-refractivity contribution is 5.89. The molecule has 0 atom stereocenters. The highest BCUT2D eigenvalue weighted by Gasteiger charge is 2.19. The van der Waals surface area contributed by atoms with Crippen molar-refractivity contribution in [1.29, 1.82) is 0 Å². The molecule has 0 radical (unpaired) electrons. The molecule has 1 aliphatic rings. The fourth-order valence-electron chi connectivity index (χ4n) is 2.68. The molecule has 0 unspecified atom stereocenters. The molecule has 1 aromatic carbocycles. The molecule has 0 bridgehead atoms. The average Bonchev–Trinajstić information content (AvgIpc) is 2.51. The van der Waals surface area contributed by atoms with Crippen LogP contribution in [0, 0.1) is 0 Å². The van der Waals surface area contributed by atoms with Crippen LogP contribution in [0.4, 0.5) is 4.79 Å². The minimum absolute atomic E-state index is 0.304. The molecule has 2 rings (SSSR count). The number of methoxy groups -OCH3 is 1. The fourth-order valence-corrected chi connectivity index (χ4v) is 2.68. The molecule has 0 saturated carbocycles. The maximum Gasteiger partial charge on any atom is 0.407 e. The molecule has 6 heteroatoms. The van der Waals surface area contributed by atoms with E-state index in [1.54, 1.807) is 6.07 Å². The first-order valence-corrected chi connectivity index (χ1v) is 8.18. The lowest BCUT2D eigenvalue weighted by molar-refractivity contribution is 0.0520. The highest BCUT2D eigenvalue weighted by atomic mass is 16.6. The van der Waals surface area contributed by atoms with Crippen LogP contribution in [0.2, 0.25) is 0 Å². The molecular formula is C18H26N2O4. The fraction of sp³-hybridized carbons (Fsp3) is 0.556. The first-order valence-electron chi connectivity index (χ1n) is 8.18. The number of carbonyl (C=O) groups is 2. The van der Waals surface area contributed by atoms with Gasteiger partial charge in [0.25, 0.3) is 0 Å². The van der Waals surface area contributed by atoms with Crippen molar-refractivity contribution in [3.8, 4) is 0 Å². The Kier molecular flexibility index (Phi) is 5.83. The summed E-state index contributed by atoms with van der Waals surface area (Å²) < 4.78 is 9.97. The van der Waals surface area contributed by atoms with Crippen LogP contribution in [-0.4, -0.2) is 49.3 Å². The van der Waals surface area contributed by atoms with Crippen molar-refractivity contribution < 1.29 is 19.1 Å². The van der Waals surface area contributed by atoms with Crippen molar-refractivity contribution in [3.63, 3.8) is 0 Å². The van der Waals surface area contributed by atoms with E-state index in [1.165, 1.54) is 18.2 Å². The predicted molar refractivity (Wildman–Crippen MR) is 91.0 cm³/mol. The van der Waals surface area contributed by atoms with Crippen molar-refractivity contribution in [2.75, 3.05) is 26.7 Å². The van der Waals surface area contributed by atoms with Crippen LogP contribution in [0.25, 0.3) is 0 Å². The van der Waals surface area contributed by atoms with Gasteiger partial charge in [-0.25, -0.2) is 9.59 Å². The van der Waals surface area contributed by atoms with E-state index in [1.807, 2.05) is 32.9 Å². The molecule has 6 nitrogen and oxygen atoms in total. The number of amides is 1. The number of benzene rings is 1. The summed E-state index contributed by atoms with van der Waals surface area (Å²) in [5.74, 6) is -0.304. The first-order chi connectivity index (χ1) is 11.3. The summed E-state index contributed by atoms with van der Waals surface area (Å²) in [5.41, 5.74) is 2.52. The number of carbonyl (C=O) groups excluding carboxylic acids is 2. The van der Waals surface area contributed by atoms with Crippen LogP contribution in [0.15, 0.2) is 18.2 Å². The molecule has 0 spiro atoms. The predicted octanol–water partition coefficient (Wildman–Crippen LogP) is 2.36. The summed E-state index contributed by atoms with van der Waals surface area (Å²) in [6.45, 7) is 8.55. The van der Waals surface area contributed by atoms with Crippen molar-refractivity contribution in [1.82, 2.24) is 10.2 Å². The third-order valence-electron chi connectivity index (χ3n) is 3.81. The van der Waals surface area contributed by atoms with Crippen molar-refractivity contribution in [2.45, 2.75) is 39.3 Å². The monoisotopic (exact) mass is 334 g/mol. The molecule has 1 heterocycles. The summed E-state index contributed by atoms with van der Waals surface area (Å²) in [4.78, 5) is 25.5. The van der Waals surface area contributed by atoms with Gasteiger partial charge in [0.15, 0.2) is 0 Å². The number of fused-ring (bicyclic) bond motifs is 1. The van der Waals surface area contributed by atoms with Crippen molar-refractivity contribution >= 4 is 12.1 Å². The van der Waals surface area contributed by atoms with Crippen LogP contribution >= 0.6 is 0 Å². The number of alkyl carbamates (subject to hydrolysis) is 1. The minimum Gasteiger partial charge on any atom is -0.465 e. The molecule has 132 valence electrons. The molecule has 1 aliphatic heterocycles. The zero-order valence-corrected chi connectivity index (χ0v) is 14.8. The van der Waals surface area contributed by atoms with Gasteiger partial charge in [0.1, 0.15) is 5.60 Å². The topological polar surface area (TPSA) is 67.9 Å². The number of rotatable bonds is 4. The second kappa shape index (κ2) is 7.66. The van der Waals surface area contributed by atoms with E-state index in [4.69, 9.17) is 9.47 Å². The number of hydrogen-bond donors (Lipinski definition) is 1. The van der Waals surface area contributed by atoms with E-state index < -0.39 is 5.60 Å². The quantitative estimate of drug-likeness (QED) is 0.856. The zero-order chi connectivity index (χ0) is 17.7. The Bertz CT molecular complexity index is 608. The van der Waals surface area contributed by atoms with E-state index >= 15 is 0 Å². The Morgan fingerprint density at radius 2 is 2.00 bits per heavy atom. The molecule has 1 aromatic rings. The van der Waals surface area contributed by atoms with Gasteiger partial charge in [-0.1, -0.05) is 6.07 Å². The smallest absolute Gasteiger partial charge is 0.407 e. The van der Waals surface area contributed by atoms with Crippen molar-refractivity contribution in [3.05, 3.63) is 34.9 Å². The van der Waals surface area contributed by atoms with Gasteiger partial charge in [-0.05, 0) is 50.5 Å². The maximum atomic E-state index is 11.6. The van der Waals surface area contributed by atoms with Crippen LogP contribution in [0.3, 0.4) is 0 Å². The van der Waals surface area contributed by atoms with Crippen LogP contribution in [0.5, 0.6) is 0 Å². The summed E-state index contributed by atoms with van der Waals surface area (Å²) in [6, 6.07) is 5.69. The second-order valence-corrected chi connectivity index (χ2v) is 6.93. The molecular weight excluding hydrogens is 308 g/mol. The lowest BCUT2D eigenvalue weighted by Crippen LogP contribution is -2.39. The van der Waals surface area contributed by atoms with Crippen LogP contribution < -0.4 is 5.32 Å². The molecule has 1 N–H and O–H groups in total. The van der Waals surface area contributed by atoms with Gasteiger partial charge in [0.2, 0.25) is 0 Å². The third-order valence-corrected chi connectivity index (χ3v) is 3.81. The summed E-state index contributed by atoms with van der Waals surface area (Å²) >= 11 is 0. The molecule has 0 aliphatic carbocycles. The van der Waals surface area contributed by atoms with Gasteiger partial charge in [0, 0.05) is 26.2 Å². The van der Waals surface area contributed by atoms with Gasteiger partial charge in [-0.15, -0.1) is 0 Å². The molecule has 0 saturated heterocycles. The Balaban J connectivity index is 1.83. The van der Waals surface area contributed by atoms with Gasteiger partial charge in [-0.2, -0.15) is 0 Å². The normalized spacial score (nSPS) is 14.7. The number of hydrogen-bond acceptors (Lipinski definition) is 5. The molecule has 0 aromatic heterocycles. The molecule has 0 fully saturated rings. The Morgan fingerprint density at radius 1 is 1.25 bits per heavy atom. The minimum atomic E-state index is -0.481. The Morgan fingerprint density at radius 3 is 2.67 bits per heavy atom. The third kappa shape index (κ3) is 5.23. The number of esters is 1. The largest absolute Gasteiger partial charge is 0.465 e. The highest BCUT2D eigenvalue weighted by Crippen LogP contribution is 2.20. The lowest BCUT2D eigenvalue weighted by Gasteiger charge is -2.29. The van der Waals surface area contributed by atoms with Crippen molar-refractivity contribution in [2.24, 2.45) is 0 Å². The average molecular weight is 334 g/mol. The van der Waals surface area contributed by atoms with Gasteiger partial charge in [0.05, 0.1) is 12.7 Å². The van der Waals surface area contributed by atoms with Gasteiger partial charge >= 0.3 is 12.1 Å². The Hall–Kier alpha value is -2.08. The molecule has 24 heavy (non-hydrogen) atoms. The molecule has 1 amide bonds.